The molecule has 0 aliphatic carbocycles. The number of β-amino-alcohol motifs (C(OH)–C–C–N with tert-alkyl or cyclic N) is 1. The molecule has 0 radical (unpaired) electrons. The van der Waals surface area contributed by atoms with Gasteiger partial charge in [0.25, 0.3) is 0 Å². The molecule has 0 unspecified atom stereocenters. The molecule has 1 N–H and O–H groups in total. The quantitative estimate of drug-likeness (QED) is 0.296. The lowest BCUT2D eigenvalue weighted by atomic mass is 10.2. The summed E-state index contributed by atoms with van der Waals surface area (Å²) in [4.78, 5) is 13.8. The lowest BCUT2D eigenvalue weighted by Gasteiger charge is -2.36. The summed E-state index contributed by atoms with van der Waals surface area (Å²) in [5.74, 6) is 0. The largest absolute Gasteiger partial charge is 0.395 e. The van der Waals surface area contributed by atoms with E-state index in [0.717, 1.165) is 57.3 Å². The molecular formula is C23H32ClI2N3OS. The maximum atomic E-state index is 9.08. The van der Waals surface area contributed by atoms with Crippen LogP contribution in [0.15, 0.2) is 52.3 Å². The van der Waals surface area contributed by atoms with E-state index in [1.165, 1.54) is 21.2 Å². The second-order valence-corrected chi connectivity index (χ2v) is 8.61. The third-order valence-corrected chi connectivity index (χ3v) is 6.69. The molecule has 2 heterocycles. The lowest BCUT2D eigenvalue weighted by molar-refractivity contribution is 0.112. The number of alkyl halides is 2. The van der Waals surface area contributed by atoms with Gasteiger partial charge in [-0.15, -0.1) is 0 Å². The summed E-state index contributed by atoms with van der Waals surface area (Å²) in [5.41, 5.74) is 2.50. The standard InChI is InChI=1S/C21H26ClN3OS.2CH3I/c22-17-6-7-21-19(16-17)25(18-4-1-2-5-20(18)27-21)9-3-8-23-10-12-24(13-11-23)14-15-26;2*1-2/h1-2,4-7,16,26H,3,8-15H2;2*1H3. The van der Waals surface area contributed by atoms with Crippen LogP contribution in [0, 0.1) is 0 Å². The minimum Gasteiger partial charge on any atom is -0.395 e. The van der Waals surface area contributed by atoms with Crippen molar-refractivity contribution >= 4 is 79.9 Å². The number of halogens is 3. The van der Waals surface area contributed by atoms with E-state index in [1.807, 2.05) is 27.7 Å². The fourth-order valence-electron chi connectivity index (χ4n) is 3.87. The van der Waals surface area contributed by atoms with Crippen LogP contribution in [0.3, 0.4) is 0 Å². The Morgan fingerprint density at radius 2 is 1.45 bits per heavy atom. The maximum Gasteiger partial charge on any atom is 0.0567 e. The number of hydrogen-bond donors (Lipinski definition) is 1. The van der Waals surface area contributed by atoms with Crippen LogP contribution in [0.1, 0.15) is 6.42 Å². The molecule has 4 rings (SSSR count). The monoisotopic (exact) mass is 687 g/mol. The smallest absolute Gasteiger partial charge is 0.0567 e. The summed E-state index contributed by atoms with van der Waals surface area (Å²) in [6.07, 6.45) is 1.12. The zero-order valence-corrected chi connectivity index (χ0v) is 24.1. The summed E-state index contributed by atoms with van der Waals surface area (Å²) in [7, 11) is 0. The molecule has 1 fully saturated rings. The maximum absolute atomic E-state index is 9.08. The summed E-state index contributed by atoms with van der Waals surface area (Å²) < 4.78 is 0. The predicted octanol–water partition coefficient (Wildman–Crippen LogP) is 6.05. The Labute approximate surface area is 224 Å². The van der Waals surface area contributed by atoms with Gasteiger partial charge in [-0.05, 0) is 53.2 Å². The first-order valence-electron chi connectivity index (χ1n) is 10.4. The SMILES string of the molecule is CI.CI.OCCN1CCN(CCCN2c3ccccc3Sc3ccc(Cl)cc32)CC1. The van der Waals surface area contributed by atoms with Crippen molar-refractivity contribution in [3.63, 3.8) is 0 Å². The molecule has 0 spiro atoms. The lowest BCUT2D eigenvalue weighted by Crippen LogP contribution is -2.47. The van der Waals surface area contributed by atoms with Crippen molar-refractivity contribution in [2.24, 2.45) is 0 Å². The molecule has 2 aliphatic heterocycles. The van der Waals surface area contributed by atoms with Gasteiger partial charge in [-0.25, -0.2) is 0 Å². The second kappa shape index (κ2) is 15.2. The van der Waals surface area contributed by atoms with E-state index in [1.54, 1.807) is 0 Å². The van der Waals surface area contributed by atoms with Crippen LogP contribution in [0.5, 0.6) is 0 Å². The second-order valence-electron chi connectivity index (χ2n) is 7.09. The number of anilines is 2. The average molecular weight is 688 g/mol. The molecule has 1 saturated heterocycles. The molecule has 0 amide bonds. The molecule has 31 heavy (non-hydrogen) atoms. The van der Waals surface area contributed by atoms with Crippen LogP contribution in [-0.4, -0.2) is 77.2 Å². The summed E-state index contributed by atoms with van der Waals surface area (Å²) in [5, 5.41) is 9.87. The van der Waals surface area contributed by atoms with Gasteiger partial charge in [-0.3, -0.25) is 4.90 Å². The minimum atomic E-state index is 0.258. The molecule has 2 aliphatic rings. The molecule has 0 atom stereocenters. The number of aliphatic hydroxyl groups excluding tert-OH is 1. The Hall–Kier alpha value is 0.220. The van der Waals surface area contributed by atoms with Gasteiger partial charge in [0.15, 0.2) is 0 Å². The summed E-state index contributed by atoms with van der Waals surface area (Å²) >= 11 is 12.4. The predicted molar refractivity (Wildman–Crippen MR) is 153 cm³/mol. The molecule has 2 aromatic rings. The molecular weight excluding hydrogens is 656 g/mol. The van der Waals surface area contributed by atoms with Crippen molar-refractivity contribution in [3.8, 4) is 0 Å². The third kappa shape index (κ3) is 7.89. The first kappa shape index (κ1) is 27.5. The highest BCUT2D eigenvalue weighted by Crippen LogP contribution is 2.48. The van der Waals surface area contributed by atoms with Crippen LogP contribution in [0.2, 0.25) is 5.02 Å². The molecule has 2 aromatic carbocycles. The van der Waals surface area contributed by atoms with Gasteiger partial charge in [0, 0.05) is 54.1 Å². The Morgan fingerprint density at radius 1 is 0.839 bits per heavy atom. The Balaban J connectivity index is 0.000000807. The van der Waals surface area contributed by atoms with Crippen LogP contribution in [0.25, 0.3) is 0 Å². The van der Waals surface area contributed by atoms with Gasteiger partial charge in [-0.1, -0.05) is 80.7 Å². The summed E-state index contributed by atoms with van der Waals surface area (Å²) in [6.45, 7) is 7.45. The third-order valence-electron chi connectivity index (χ3n) is 5.32. The first-order valence-corrected chi connectivity index (χ1v) is 15.9. The van der Waals surface area contributed by atoms with Crippen LogP contribution >= 0.6 is 68.5 Å². The van der Waals surface area contributed by atoms with Gasteiger partial charge < -0.3 is 14.9 Å². The van der Waals surface area contributed by atoms with E-state index < -0.39 is 0 Å². The Bertz CT molecular complexity index is 791. The van der Waals surface area contributed by atoms with Gasteiger partial charge in [0.1, 0.15) is 0 Å². The molecule has 172 valence electrons. The van der Waals surface area contributed by atoms with E-state index in [9.17, 15) is 0 Å². The first-order chi connectivity index (χ1) is 15.2. The van der Waals surface area contributed by atoms with E-state index >= 15 is 0 Å². The number of benzene rings is 2. The fourth-order valence-corrected chi connectivity index (χ4v) is 5.12. The van der Waals surface area contributed by atoms with Crippen LogP contribution < -0.4 is 4.90 Å². The van der Waals surface area contributed by atoms with E-state index in [2.05, 4.69) is 96.3 Å². The number of nitrogens with zero attached hydrogens (tertiary/aromatic N) is 3. The minimum absolute atomic E-state index is 0.258. The van der Waals surface area contributed by atoms with Crippen molar-refractivity contribution in [2.45, 2.75) is 16.2 Å². The highest BCUT2D eigenvalue weighted by Gasteiger charge is 2.23. The molecule has 0 bridgehead atoms. The van der Waals surface area contributed by atoms with Crippen molar-refractivity contribution < 1.29 is 5.11 Å². The fraction of sp³-hybridized carbons (Fsp3) is 0.478. The van der Waals surface area contributed by atoms with Crippen molar-refractivity contribution in [1.82, 2.24) is 9.80 Å². The molecule has 0 aromatic heterocycles. The van der Waals surface area contributed by atoms with Crippen molar-refractivity contribution in [1.29, 1.82) is 0 Å². The normalized spacial score (nSPS) is 15.7. The topological polar surface area (TPSA) is 30.0 Å². The van der Waals surface area contributed by atoms with Crippen molar-refractivity contribution in [3.05, 3.63) is 47.5 Å². The van der Waals surface area contributed by atoms with Gasteiger partial charge >= 0.3 is 0 Å². The number of aliphatic hydroxyl groups is 1. The highest BCUT2D eigenvalue weighted by molar-refractivity contribution is 14.1. The molecule has 0 saturated carbocycles. The number of hydrogen-bond acceptors (Lipinski definition) is 5. The van der Waals surface area contributed by atoms with Crippen LogP contribution in [0.4, 0.5) is 11.4 Å². The Morgan fingerprint density at radius 3 is 2.13 bits per heavy atom. The van der Waals surface area contributed by atoms with E-state index in [-0.39, 0.29) is 6.61 Å². The van der Waals surface area contributed by atoms with E-state index in [4.69, 9.17) is 16.7 Å². The molecule has 8 heteroatoms. The van der Waals surface area contributed by atoms with E-state index in [0.29, 0.717) is 0 Å². The van der Waals surface area contributed by atoms with Gasteiger partial charge in [-0.2, -0.15) is 0 Å². The van der Waals surface area contributed by atoms with Crippen molar-refractivity contribution in [2.75, 3.05) is 67.2 Å². The van der Waals surface area contributed by atoms with Crippen LogP contribution in [-0.2, 0) is 0 Å². The summed E-state index contributed by atoms with van der Waals surface area (Å²) in [6, 6.07) is 14.8. The molecule has 4 nitrogen and oxygen atoms in total. The highest BCUT2D eigenvalue weighted by atomic mass is 127. The number of para-hydroxylation sites is 1. The number of rotatable bonds is 6. The zero-order valence-electron chi connectivity index (χ0n) is 18.2. The number of fused-ring (bicyclic) bond motifs is 2. The van der Waals surface area contributed by atoms with Gasteiger partial charge in [0.05, 0.1) is 18.0 Å². The van der Waals surface area contributed by atoms with Gasteiger partial charge in [0.2, 0.25) is 0 Å². The Kier molecular flexibility index (Phi) is 13.5. The number of piperazine rings is 1. The average Bonchev–Trinajstić information content (AvgIpc) is 2.83. The zero-order chi connectivity index (χ0) is 22.6.